The fourth-order valence-electron chi connectivity index (χ4n) is 4.85. The molecule has 142 valence electrons. The number of hydrogen-bond acceptors (Lipinski definition) is 4. The van der Waals surface area contributed by atoms with Crippen LogP contribution in [0.1, 0.15) is 36.8 Å². The molecule has 3 aliphatic rings. The Morgan fingerprint density at radius 1 is 0.963 bits per heavy atom. The summed E-state index contributed by atoms with van der Waals surface area (Å²) in [6, 6.07) is 12.6. The van der Waals surface area contributed by atoms with Gasteiger partial charge in [-0.15, -0.1) is 0 Å². The lowest BCUT2D eigenvalue weighted by atomic mass is 9.78. The predicted octanol–water partition coefficient (Wildman–Crippen LogP) is 2.59. The first-order valence-electron chi connectivity index (χ1n) is 9.83. The lowest BCUT2D eigenvalue weighted by Crippen LogP contribution is -3.16. The van der Waals surface area contributed by atoms with Crippen molar-refractivity contribution in [1.82, 2.24) is 0 Å². The van der Waals surface area contributed by atoms with Gasteiger partial charge in [-0.2, -0.15) is 0 Å². The van der Waals surface area contributed by atoms with Crippen molar-refractivity contribution < 1.29 is 23.8 Å². The SMILES string of the molecule is COc1ccc([C@H]2c3cc4c(cc3O[C@H]([NH+]3CCCC3)[C@@H]2C)OCO4)cc1. The molecule has 0 bridgehead atoms. The summed E-state index contributed by atoms with van der Waals surface area (Å²) in [6.07, 6.45) is 2.72. The summed E-state index contributed by atoms with van der Waals surface area (Å²) < 4.78 is 23.1. The zero-order chi connectivity index (χ0) is 18.4. The smallest absolute Gasteiger partial charge is 0.235 e. The molecule has 0 unspecified atom stereocenters. The van der Waals surface area contributed by atoms with Crippen LogP contribution in [0.4, 0.5) is 0 Å². The van der Waals surface area contributed by atoms with E-state index in [0.717, 1.165) is 23.0 Å². The summed E-state index contributed by atoms with van der Waals surface area (Å²) in [6.45, 7) is 4.97. The maximum atomic E-state index is 6.55. The lowest BCUT2D eigenvalue weighted by Gasteiger charge is -2.39. The highest BCUT2D eigenvalue weighted by atomic mass is 16.7. The lowest BCUT2D eigenvalue weighted by molar-refractivity contribution is -0.937. The molecule has 2 aromatic carbocycles. The van der Waals surface area contributed by atoms with Crippen LogP contribution in [0.5, 0.6) is 23.0 Å². The van der Waals surface area contributed by atoms with Gasteiger partial charge in [-0.25, -0.2) is 0 Å². The molecule has 27 heavy (non-hydrogen) atoms. The Balaban J connectivity index is 1.60. The molecule has 0 amide bonds. The maximum absolute atomic E-state index is 6.55. The summed E-state index contributed by atoms with van der Waals surface area (Å²) in [7, 11) is 1.70. The Kier molecular flexibility index (Phi) is 4.12. The Bertz CT molecular complexity index is 829. The summed E-state index contributed by atoms with van der Waals surface area (Å²) in [5.41, 5.74) is 2.47. The molecule has 1 saturated heterocycles. The Labute approximate surface area is 159 Å². The number of hydrogen-bond donors (Lipinski definition) is 1. The summed E-state index contributed by atoms with van der Waals surface area (Å²) in [5.74, 6) is 4.03. The van der Waals surface area contributed by atoms with E-state index in [1.54, 1.807) is 12.0 Å². The highest BCUT2D eigenvalue weighted by Gasteiger charge is 2.43. The second-order valence-electron chi connectivity index (χ2n) is 7.76. The van der Waals surface area contributed by atoms with Crippen molar-refractivity contribution >= 4 is 0 Å². The average Bonchev–Trinajstić information content (AvgIpc) is 3.38. The molecule has 1 N–H and O–H groups in total. The Morgan fingerprint density at radius 3 is 2.37 bits per heavy atom. The molecular weight excluding hydrogens is 342 g/mol. The molecule has 0 radical (unpaired) electrons. The van der Waals surface area contributed by atoms with Gasteiger partial charge in [0.2, 0.25) is 13.0 Å². The van der Waals surface area contributed by atoms with Crippen molar-refractivity contribution in [2.24, 2.45) is 5.92 Å². The number of rotatable bonds is 3. The van der Waals surface area contributed by atoms with E-state index < -0.39 is 0 Å². The Hall–Kier alpha value is -2.40. The third-order valence-electron chi connectivity index (χ3n) is 6.22. The Morgan fingerprint density at radius 2 is 1.67 bits per heavy atom. The van der Waals surface area contributed by atoms with Crippen LogP contribution in [0.25, 0.3) is 0 Å². The van der Waals surface area contributed by atoms with Gasteiger partial charge in [-0.1, -0.05) is 19.1 Å². The molecule has 0 spiro atoms. The van der Waals surface area contributed by atoms with Gasteiger partial charge >= 0.3 is 0 Å². The zero-order valence-corrected chi connectivity index (χ0v) is 15.9. The molecule has 5 rings (SSSR count). The minimum absolute atomic E-state index is 0.160. The van der Waals surface area contributed by atoms with E-state index in [0.29, 0.717) is 5.92 Å². The minimum Gasteiger partial charge on any atom is -0.497 e. The van der Waals surface area contributed by atoms with Crippen LogP contribution in [0.3, 0.4) is 0 Å². The molecule has 3 atom stereocenters. The quantitative estimate of drug-likeness (QED) is 0.904. The van der Waals surface area contributed by atoms with Gasteiger partial charge in [0.1, 0.15) is 11.5 Å². The third-order valence-corrected chi connectivity index (χ3v) is 6.22. The van der Waals surface area contributed by atoms with Crippen LogP contribution < -0.4 is 23.8 Å². The topological polar surface area (TPSA) is 41.4 Å². The van der Waals surface area contributed by atoms with E-state index in [9.17, 15) is 0 Å². The monoisotopic (exact) mass is 368 g/mol. The molecule has 0 saturated carbocycles. The van der Waals surface area contributed by atoms with E-state index in [-0.39, 0.29) is 18.9 Å². The van der Waals surface area contributed by atoms with Crippen LogP contribution in [0, 0.1) is 5.92 Å². The van der Waals surface area contributed by atoms with Crippen molar-refractivity contribution in [1.29, 1.82) is 0 Å². The van der Waals surface area contributed by atoms with Gasteiger partial charge in [-0.05, 0) is 23.8 Å². The molecule has 1 fully saturated rings. The summed E-state index contributed by atoms with van der Waals surface area (Å²) in [5, 5.41) is 0. The second kappa shape index (κ2) is 6.64. The molecule has 0 aliphatic carbocycles. The van der Waals surface area contributed by atoms with E-state index in [1.165, 1.54) is 37.1 Å². The average molecular weight is 368 g/mol. The number of likely N-dealkylation sites (tertiary alicyclic amines) is 1. The maximum Gasteiger partial charge on any atom is 0.235 e. The van der Waals surface area contributed by atoms with Crippen LogP contribution >= 0.6 is 0 Å². The minimum atomic E-state index is 0.160. The van der Waals surface area contributed by atoms with Crippen molar-refractivity contribution in [3.8, 4) is 23.0 Å². The molecular formula is C22H26NO4+. The molecule has 5 heteroatoms. The first kappa shape index (κ1) is 16.8. The largest absolute Gasteiger partial charge is 0.497 e. The number of benzene rings is 2. The van der Waals surface area contributed by atoms with Gasteiger partial charge < -0.3 is 18.9 Å². The number of nitrogens with one attached hydrogen (secondary N) is 1. The zero-order valence-electron chi connectivity index (χ0n) is 15.9. The molecule has 5 nitrogen and oxygen atoms in total. The van der Waals surface area contributed by atoms with Gasteiger partial charge in [-0.3, -0.25) is 4.90 Å². The van der Waals surface area contributed by atoms with Crippen molar-refractivity contribution in [3.05, 3.63) is 47.5 Å². The van der Waals surface area contributed by atoms with Crippen LogP contribution in [-0.4, -0.2) is 33.2 Å². The molecule has 2 aromatic rings. The van der Waals surface area contributed by atoms with Crippen molar-refractivity contribution in [2.45, 2.75) is 31.9 Å². The van der Waals surface area contributed by atoms with Gasteiger partial charge in [0.25, 0.3) is 0 Å². The van der Waals surface area contributed by atoms with Crippen LogP contribution in [-0.2, 0) is 0 Å². The highest BCUT2D eigenvalue weighted by Crippen LogP contribution is 2.48. The van der Waals surface area contributed by atoms with Gasteiger partial charge in [0.15, 0.2) is 11.5 Å². The standard InChI is InChI=1S/C22H25NO4/c1-14-21(15-5-7-16(24-2)8-6-15)17-11-19-20(26-13-25-19)12-18(17)27-22(14)23-9-3-4-10-23/h5-8,11-12,14,21-22H,3-4,9-10,13H2,1-2H3/p+1/t14-,21+,22+/m1/s1. The number of fused-ring (bicyclic) bond motifs is 2. The molecule has 3 aliphatic heterocycles. The molecule has 0 aromatic heterocycles. The second-order valence-corrected chi connectivity index (χ2v) is 7.76. The van der Waals surface area contributed by atoms with Crippen LogP contribution in [0.2, 0.25) is 0 Å². The first-order valence-corrected chi connectivity index (χ1v) is 9.83. The van der Waals surface area contributed by atoms with Gasteiger partial charge in [0, 0.05) is 30.4 Å². The van der Waals surface area contributed by atoms with Crippen LogP contribution in [0.15, 0.2) is 36.4 Å². The van der Waals surface area contributed by atoms with Gasteiger partial charge in [0.05, 0.1) is 26.1 Å². The predicted molar refractivity (Wildman–Crippen MR) is 101 cm³/mol. The number of ether oxygens (including phenoxy) is 4. The highest BCUT2D eigenvalue weighted by molar-refractivity contribution is 5.56. The molecule has 3 heterocycles. The van der Waals surface area contributed by atoms with E-state index >= 15 is 0 Å². The third kappa shape index (κ3) is 2.81. The van der Waals surface area contributed by atoms with E-state index in [2.05, 4.69) is 25.1 Å². The number of methoxy groups -OCH3 is 1. The fraction of sp³-hybridized carbons (Fsp3) is 0.455. The summed E-state index contributed by atoms with van der Waals surface area (Å²) in [4.78, 5) is 1.56. The first-order chi connectivity index (χ1) is 13.2. The normalized spacial score (nSPS) is 26.5. The van der Waals surface area contributed by atoms with E-state index in [4.69, 9.17) is 18.9 Å². The fourth-order valence-corrected chi connectivity index (χ4v) is 4.85. The van der Waals surface area contributed by atoms with Crippen molar-refractivity contribution in [3.63, 3.8) is 0 Å². The number of quaternary nitrogens is 1. The van der Waals surface area contributed by atoms with E-state index in [1.807, 2.05) is 18.2 Å². The summed E-state index contributed by atoms with van der Waals surface area (Å²) >= 11 is 0. The van der Waals surface area contributed by atoms with Crippen molar-refractivity contribution in [2.75, 3.05) is 27.0 Å².